The number of aromatic nitrogens is 2. The molecule has 0 aliphatic heterocycles. The van der Waals surface area contributed by atoms with Crippen LogP contribution in [0.5, 0.6) is 0 Å². The van der Waals surface area contributed by atoms with Crippen LogP contribution in [0, 0.1) is 17.6 Å². The molecule has 0 bridgehead atoms. The van der Waals surface area contributed by atoms with Gasteiger partial charge in [0.05, 0.1) is 5.56 Å². The number of rotatable bonds is 7. The quantitative estimate of drug-likeness (QED) is 0.347. The zero-order valence-electron chi connectivity index (χ0n) is 19.2. The van der Waals surface area contributed by atoms with E-state index < -0.39 is 29.4 Å². The molecule has 0 saturated carbocycles. The minimum absolute atomic E-state index is 0.00450. The fourth-order valence-corrected chi connectivity index (χ4v) is 5.44. The predicted octanol–water partition coefficient (Wildman–Crippen LogP) is 5.65. The lowest BCUT2D eigenvalue weighted by Crippen LogP contribution is -2.26. The van der Waals surface area contributed by atoms with Gasteiger partial charge in [0, 0.05) is 35.7 Å². The molecular formula is C25H22F2N4O2S2. The van der Waals surface area contributed by atoms with Crippen LogP contribution in [0.2, 0.25) is 0 Å². The number of hydrogen-bond acceptors (Lipinski definition) is 6. The van der Waals surface area contributed by atoms with Gasteiger partial charge in [-0.3, -0.25) is 9.59 Å². The van der Waals surface area contributed by atoms with Crippen molar-refractivity contribution in [2.45, 2.75) is 12.8 Å². The van der Waals surface area contributed by atoms with Gasteiger partial charge in [-0.25, -0.2) is 8.78 Å². The summed E-state index contributed by atoms with van der Waals surface area (Å²) < 4.78 is 28.8. The van der Waals surface area contributed by atoms with Gasteiger partial charge in [-0.05, 0) is 47.5 Å². The summed E-state index contributed by atoms with van der Waals surface area (Å²) in [6.07, 6.45) is 0. The molecule has 0 spiro atoms. The Morgan fingerprint density at radius 1 is 1.06 bits per heavy atom. The summed E-state index contributed by atoms with van der Waals surface area (Å²) in [5.41, 5.74) is 2.77. The lowest BCUT2D eigenvalue weighted by atomic mass is 9.85. The van der Waals surface area contributed by atoms with Crippen LogP contribution in [0.25, 0.3) is 10.4 Å². The van der Waals surface area contributed by atoms with Crippen LogP contribution in [0.1, 0.15) is 33.6 Å². The number of hydrogen-bond donors (Lipinski definition) is 1. The highest BCUT2D eigenvalue weighted by Gasteiger charge is 2.29. The fourth-order valence-electron chi connectivity index (χ4n) is 3.76. The molecule has 4 rings (SSSR count). The summed E-state index contributed by atoms with van der Waals surface area (Å²) in [5.74, 6) is -2.71. The van der Waals surface area contributed by atoms with Gasteiger partial charge in [-0.2, -0.15) is 0 Å². The lowest BCUT2D eigenvalue weighted by molar-refractivity contribution is -0.119. The molecule has 0 aliphatic carbocycles. The Labute approximate surface area is 209 Å². The predicted molar refractivity (Wildman–Crippen MR) is 134 cm³/mol. The third kappa shape index (κ3) is 5.44. The average molecular weight is 513 g/mol. The second kappa shape index (κ2) is 10.4. The Kier molecular flexibility index (Phi) is 7.32. The number of nitrogens with zero attached hydrogens (tertiary/aromatic N) is 3. The Balaban J connectivity index is 1.68. The number of anilines is 1. The highest BCUT2D eigenvalue weighted by Crippen LogP contribution is 2.40. The SMILES string of the molecule is CC(C(=O)Nc1nncs1)[C@H](c1cccc(F)c1)c1ccc(-c2ccc(C(=O)N(C)C)c(F)c2)s1. The number of halogens is 2. The van der Waals surface area contributed by atoms with Gasteiger partial charge in [0.1, 0.15) is 17.1 Å². The molecule has 35 heavy (non-hydrogen) atoms. The molecule has 2 amide bonds. The van der Waals surface area contributed by atoms with E-state index in [4.69, 9.17) is 0 Å². The molecular weight excluding hydrogens is 490 g/mol. The average Bonchev–Trinajstić information content (AvgIpc) is 3.51. The number of carbonyl (C=O) groups excluding carboxylic acids is 2. The maximum absolute atomic E-state index is 14.7. The number of carbonyl (C=O) groups is 2. The summed E-state index contributed by atoms with van der Waals surface area (Å²) in [7, 11) is 3.13. The van der Waals surface area contributed by atoms with E-state index in [-0.39, 0.29) is 11.5 Å². The van der Waals surface area contributed by atoms with Crippen molar-refractivity contribution in [3.05, 3.63) is 87.7 Å². The largest absolute Gasteiger partial charge is 0.345 e. The minimum atomic E-state index is -0.609. The second-order valence-corrected chi connectivity index (χ2v) is 10.1. The maximum atomic E-state index is 14.7. The van der Waals surface area contributed by atoms with Crippen molar-refractivity contribution in [3.8, 4) is 10.4 Å². The van der Waals surface area contributed by atoms with Crippen molar-refractivity contribution in [1.82, 2.24) is 15.1 Å². The van der Waals surface area contributed by atoms with Crippen molar-refractivity contribution in [2.24, 2.45) is 5.92 Å². The molecule has 4 aromatic rings. The van der Waals surface area contributed by atoms with E-state index >= 15 is 0 Å². The smallest absolute Gasteiger partial charge is 0.256 e. The molecule has 2 heterocycles. The first-order chi connectivity index (χ1) is 16.7. The van der Waals surface area contributed by atoms with Gasteiger partial charge < -0.3 is 10.2 Å². The Morgan fingerprint density at radius 2 is 1.86 bits per heavy atom. The summed E-state index contributed by atoms with van der Waals surface area (Å²) in [5, 5.41) is 10.7. The molecule has 1 unspecified atom stereocenters. The van der Waals surface area contributed by atoms with Crippen LogP contribution in [0.4, 0.5) is 13.9 Å². The van der Waals surface area contributed by atoms with Crippen LogP contribution in [0.15, 0.2) is 60.1 Å². The standard InChI is InChI=1S/C25H22F2N4O2S2/c1-14(23(32)29-25-30-28-13-34-25)22(16-5-4-6-17(26)11-16)21-10-9-20(35-21)15-7-8-18(19(27)12-15)24(33)31(2)3/h4-14,22H,1-3H3,(H,29,30,32)/t14?,22-/m1/s1. The van der Waals surface area contributed by atoms with E-state index in [1.165, 1.54) is 57.3 Å². The minimum Gasteiger partial charge on any atom is -0.345 e. The second-order valence-electron chi connectivity index (χ2n) is 8.15. The summed E-state index contributed by atoms with van der Waals surface area (Å²) in [4.78, 5) is 28.1. The zero-order valence-corrected chi connectivity index (χ0v) is 20.8. The normalized spacial score (nSPS) is 12.7. The van der Waals surface area contributed by atoms with Crippen LogP contribution in [-0.4, -0.2) is 41.0 Å². The van der Waals surface area contributed by atoms with E-state index in [9.17, 15) is 18.4 Å². The molecule has 180 valence electrons. The molecule has 0 radical (unpaired) electrons. The van der Waals surface area contributed by atoms with Crippen molar-refractivity contribution in [1.29, 1.82) is 0 Å². The van der Waals surface area contributed by atoms with Gasteiger partial charge in [-0.15, -0.1) is 21.5 Å². The Morgan fingerprint density at radius 3 is 2.51 bits per heavy atom. The van der Waals surface area contributed by atoms with Gasteiger partial charge in [0.2, 0.25) is 11.0 Å². The van der Waals surface area contributed by atoms with Crippen molar-refractivity contribution in [2.75, 3.05) is 19.4 Å². The molecule has 2 aromatic heterocycles. The lowest BCUT2D eigenvalue weighted by Gasteiger charge is -2.22. The van der Waals surface area contributed by atoms with Gasteiger partial charge in [-0.1, -0.05) is 36.5 Å². The first-order valence-electron chi connectivity index (χ1n) is 10.7. The monoisotopic (exact) mass is 512 g/mol. The van der Waals surface area contributed by atoms with Crippen LogP contribution < -0.4 is 5.32 Å². The first kappa shape index (κ1) is 24.6. The van der Waals surface area contributed by atoms with Crippen molar-refractivity contribution >= 4 is 39.6 Å². The third-order valence-corrected chi connectivity index (χ3v) is 7.36. The molecule has 0 aliphatic rings. The first-order valence-corrected chi connectivity index (χ1v) is 12.4. The van der Waals surface area contributed by atoms with Crippen LogP contribution in [0.3, 0.4) is 0 Å². The third-order valence-electron chi connectivity index (χ3n) is 5.54. The molecule has 2 atom stereocenters. The summed E-state index contributed by atoms with van der Waals surface area (Å²) in [6.45, 7) is 1.77. The summed E-state index contributed by atoms with van der Waals surface area (Å²) >= 11 is 2.60. The van der Waals surface area contributed by atoms with Gasteiger partial charge in [0.15, 0.2) is 0 Å². The molecule has 0 fully saturated rings. The molecule has 10 heteroatoms. The van der Waals surface area contributed by atoms with E-state index in [1.807, 2.05) is 12.1 Å². The van der Waals surface area contributed by atoms with E-state index in [1.54, 1.807) is 39.2 Å². The van der Waals surface area contributed by atoms with Crippen LogP contribution in [-0.2, 0) is 4.79 Å². The molecule has 6 nitrogen and oxygen atoms in total. The van der Waals surface area contributed by atoms with Gasteiger partial charge in [0.25, 0.3) is 5.91 Å². The highest BCUT2D eigenvalue weighted by molar-refractivity contribution is 7.15. The molecule has 0 saturated heterocycles. The molecule has 1 N–H and O–H groups in total. The van der Waals surface area contributed by atoms with E-state index in [0.717, 1.165) is 9.75 Å². The molecule has 2 aromatic carbocycles. The summed E-state index contributed by atoms with van der Waals surface area (Å²) in [6, 6.07) is 14.3. The van der Waals surface area contributed by atoms with E-state index in [2.05, 4.69) is 15.5 Å². The highest BCUT2D eigenvalue weighted by atomic mass is 32.1. The fraction of sp³-hybridized carbons (Fsp3) is 0.200. The Hall–Kier alpha value is -3.50. The number of nitrogens with one attached hydrogen (secondary N) is 1. The maximum Gasteiger partial charge on any atom is 0.256 e. The topological polar surface area (TPSA) is 75.2 Å². The van der Waals surface area contributed by atoms with Crippen LogP contribution >= 0.6 is 22.7 Å². The van der Waals surface area contributed by atoms with Crippen molar-refractivity contribution in [3.63, 3.8) is 0 Å². The van der Waals surface area contributed by atoms with Gasteiger partial charge >= 0.3 is 0 Å². The van der Waals surface area contributed by atoms with E-state index in [0.29, 0.717) is 16.3 Å². The Bertz CT molecular complexity index is 1360. The number of amides is 2. The number of benzene rings is 2. The zero-order chi connectivity index (χ0) is 25.1. The number of thiophene rings is 1. The van der Waals surface area contributed by atoms with Crippen molar-refractivity contribution < 1.29 is 18.4 Å².